The van der Waals surface area contributed by atoms with Crippen molar-refractivity contribution in [3.05, 3.63) is 227 Å². The monoisotopic (exact) mass is 1740 g/mol. The van der Waals surface area contributed by atoms with Gasteiger partial charge in [-0.05, 0) is 164 Å². The van der Waals surface area contributed by atoms with Gasteiger partial charge in [0.25, 0.3) is 0 Å². The van der Waals surface area contributed by atoms with E-state index in [4.69, 9.17) is 51.6 Å². The summed E-state index contributed by atoms with van der Waals surface area (Å²) in [6.07, 6.45) is -1.58. The molecule has 0 aliphatic rings. The van der Waals surface area contributed by atoms with Crippen molar-refractivity contribution < 1.29 is 86.5 Å². The maximum absolute atomic E-state index is 13.9. The average molecular weight is 1740 g/mol. The lowest BCUT2D eigenvalue weighted by atomic mass is 9.95. The van der Waals surface area contributed by atoms with Gasteiger partial charge >= 0.3 is 12.5 Å². The Morgan fingerprint density at radius 2 is 0.750 bits per heavy atom. The van der Waals surface area contributed by atoms with Crippen molar-refractivity contribution in [2.75, 3.05) is 126 Å². The number of aromatic nitrogens is 3. The van der Waals surface area contributed by atoms with Crippen LogP contribution in [0.25, 0.3) is 32.7 Å². The van der Waals surface area contributed by atoms with E-state index >= 15 is 0 Å². The number of hydrogen-bond donors (Lipinski definition) is 11. The minimum Gasteiger partial charge on any atom is -0.406 e. The number of para-hydroxylation sites is 3. The summed E-state index contributed by atoms with van der Waals surface area (Å²) in [7, 11) is 7.70. The number of Topliss-reactive ketones (excluding diaryl/α,β-unsaturated/α-hetero) is 3. The fourth-order valence-corrected chi connectivity index (χ4v) is 15.0. The van der Waals surface area contributed by atoms with Gasteiger partial charge in [-0.25, -0.2) is 13.2 Å². The molecule has 6 atom stereocenters. The number of nitrogens with zero attached hydrogens (tertiary/aromatic N) is 7. The van der Waals surface area contributed by atoms with Crippen LogP contribution in [0.3, 0.4) is 0 Å². The summed E-state index contributed by atoms with van der Waals surface area (Å²) < 4.78 is 124. The zero-order chi connectivity index (χ0) is 91.0. The van der Waals surface area contributed by atoms with Gasteiger partial charge in [-0.3, -0.25) is 43.7 Å². The molecule has 3 aromatic heterocycles. The Morgan fingerprint density at radius 3 is 1.10 bits per heavy atom. The van der Waals surface area contributed by atoms with E-state index in [1.807, 2.05) is 98.0 Å². The predicted molar refractivity (Wildman–Crippen MR) is 462 cm³/mol. The van der Waals surface area contributed by atoms with Crippen LogP contribution in [0.4, 0.5) is 39.5 Å². The summed E-state index contributed by atoms with van der Waals surface area (Å²) in [6.45, 7) is 9.81. The molecule has 9 aromatic rings. The van der Waals surface area contributed by atoms with E-state index in [0.717, 1.165) is 116 Å². The lowest BCUT2D eigenvalue weighted by molar-refractivity contribution is -0.907. The number of amides is 3. The molecule has 0 saturated heterocycles. The number of ether oxygens (including phenoxy) is 1. The number of rotatable bonds is 46. The van der Waals surface area contributed by atoms with E-state index in [1.54, 1.807) is 18.6 Å². The molecule has 0 aliphatic heterocycles. The summed E-state index contributed by atoms with van der Waals surface area (Å²) in [5.74, 6) is -7.12. The molecule has 0 radical (unpaired) electrons. The first-order valence-corrected chi connectivity index (χ1v) is 41.4. The van der Waals surface area contributed by atoms with Crippen molar-refractivity contribution in [3.63, 3.8) is 0 Å². The van der Waals surface area contributed by atoms with Gasteiger partial charge in [0.15, 0.2) is 34.8 Å². The van der Waals surface area contributed by atoms with Crippen LogP contribution in [-0.2, 0) is 73.5 Å². The highest BCUT2D eigenvalue weighted by molar-refractivity contribution is 5.95. The minimum atomic E-state index is -4.82. The van der Waals surface area contributed by atoms with E-state index in [1.165, 1.54) is 48.3 Å². The Morgan fingerprint density at radius 1 is 0.419 bits per heavy atom. The Kier molecular flexibility index (Phi) is 39.2. The van der Waals surface area contributed by atoms with Crippen LogP contribution in [-0.4, -0.2) is 237 Å². The van der Waals surface area contributed by atoms with E-state index in [9.17, 15) is 68.3 Å². The zero-order valence-corrected chi connectivity index (χ0v) is 70.8. The number of likely N-dealkylation sites (N-methyl/N-ethyl adjacent to an activating group) is 4. The highest BCUT2D eigenvalue weighted by Gasteiger charge is 2.36. The van der Waals surface area contributed by atoms with Gasteiger partial charge in [-0.2, -0.15) is 13.2 Å². The van der Waals surface area contributed by atoms with Crippen molar-refractivity contribution in [1.82, 2.24) is 30.5 Å². The zero-order valence-electron chi connectivity index (χ0n) is 70.8. The quantitative estimate of drug-likeness (QED) is 0.0101. The molecule has 3 amide bonds. The van der Waals surface area contributed by atoms with Crippen molar-refractivity contribution >= 4 is 67.8 Å². The highest BCUT2D eigenvalue weighted by atomic mass is 19.4. The summed E-state index contributed by atoms with van der Waals surface area (Å²) >= 11 is 0. The van der Waals surface area contributed by atoms with E-state index in [2.05, 4.69) is 44.4 Å². The molecule has 9 rings (SSSR count). The molecule has 0 unspecified atom stereocenters. The van der Waals surface area contributed by atoms with Gasteiger partial charge in [0, 0.05) is 100 Å². The number of carbonyl (C=O) groups is 6. The van der Waals surface area contributed by atoms with Gasteiger partial charge in [-0.1, -0.05) is 78.9 Å². The average Bonchev–Trinajstić information content (AvgIpc) is 0.842. The summed E-state index contributed by atoms with van der Waals surface area (Å²) in [6, 6.07) is 33.8. The molecule has 34 heteroatoms. The molecule has 20 N–H and O–H groups in total. The number of hydrogen-bond acceptors (Lipinski definition) is 19. The molecular formula is C90H120F9N18O7+3. The number of pyridine rings is 3. The van der Waals surface area contributed by atoms with Crippen LogP contribution in [0.15, 0.2) is 170 Å². The van der Waals surface area contributed by atoms with E-state index < -0.39 is 95.3 Å². The third-order valence-electron chi connectivity index (χ3n) is 22.1. The highest BCUT2D eigenvalue weighted by Crippen LogP contribution is 2.31. The molecule has 0 aliphatic carbocycles. The number of halogens is 9. The second-order valence-corrected chi connectivity index (χ2v) is 32.3. The van der Waals surface area contributed by atoms with Crippen molar-refractivity contribution in [2.24, 2.45) is 51.6 Å². The van der Waals surface area contributed by atoms with Crippen molar-refractivity contribution in [1.29, 1.82) is 0 Å². The standard InChI is InChI=1S/C31H42F3N6O2.C30H39F3N6O3.C29H37F3N6O2/c1-39(30(42)26(37)7-5-15-40(2,16-13-35)17-14-36)28(19-22-9-11-25(12-10-22)31(32,33)34)29(41)20-23-18-24-6-3-4-8-27(24)38-21-23;1-39(15-12-34,16-13-35)14-4-6-25(36)29(41)38-27(18-21-8-10-24(11-9-21)42-30(31,32)33)28(40)19-22-17-23-5-2-3-7-26(23)37-20-22;1-38(11-8-33,12-9-34)10-4-6-24(35)29(40)37-26(16-19-14-22(30)28(32)23(31)15-19)27(39)17-20-13-21-5-2-3-7-25(21)36-18-20/h3-4,6,8-12,18,21,26,28H,5,7,13-17,19-20,35-37H2,1-2H3;2-3,5,7-11,17,20,25,27H,4,6,12-16,18-19,34-36H2,1H3;2-3,5,7,13-15,18,24,26H,4,6,8-12,16-17,33-35H2,1H3/q+1;;/p+2/t26-,28+;25-,27-;24-,26-/m000/s1. The van der Waals surface area contributed by atoms with Crippen LogP contribution in [0.1, 0.15) is 77.5 Å². The number of alkyl halides is 6. The van der Waals surface area contributed by atoms with Gasteiger partial charge in [0.05, 0.1) is 138 Å². The van der Waals surface area contributed by atoms with Crippen LogP contribution in [0.5, 0.6) is 5.75 Å². The lowest BCUT2D eigenvalue weighted by Gasteiger charge is -2.34. The fraction of sp³-hybridized carbons (Fsp3) is 0.433. The van der Waals surface area contributed by atoms with Crippen LogP contribution in [0.2, 0.25) is 0 Å². The Hall–Kier alpha value is -10.3. The van der Waals surface area contributed by atoms with Gasteiger partial charge in [-0.15, -0.1) is 13.2 Å². The molecule has 0 fully saturated rings. The first kappa shape index (κ1) is 101. The topological polar surface area (TPSA) is 412 Å². The molecule has 124 heavy (non-hydrogen) atoms. The number of nitrogens with one attached hydrogen (secondary N) is 2. The number of quaternary nitrogens is 3. The number of fused-ring (bicyclic) bond motifs is 3. The Balaban J connectivity index is 0.000000256. The molecule has 0 bridgehead atoms. The molecular weight excluding hydrogens is 1620 g/mol. The molecule has 6 aromatic carbocycles. The Labute approximate surface area is 717 Å². The minimum absolute atomic E-state index is 0.00129. The lowest BCUT2D eigenvalue weighted by Crippen LogP contribution is -2.52. The van der Waals surface area contributed by atoms with Gasteiger partial charge < -0.3 is 85.3 Å². The van der Waals surface area contributed by atoms with Gasteiger partial charge in [0.2, 0.25) is 17.7 Å². The van der Waals surface area contributed by atoms with Crippen molar-refractivity contribution in [3.8, 4) is 5.75 Å². The van der Waals surface area contributed by atoms with E-state index in [-0.39, 0.29) is 61.4 Å². The maximum Gasteiger partial charge on any atom is 0.573 e. The summed E-state index contributed by atoms with van der Waals surface area (Å²) in [5.41, 5.74) is 57.8. The number of carbonyl (C=O) groups excluding carboxylic acids is 6. The first-order valence-electron chi connectivity index (χ1n) is 41.4. The normalized spacial score (nSPS) is 13.5. The second kappa shape index (κ2) is 48.2. The predicted octanol–water partition coefficient (Wildman–Crippen LogP) is 7.31. The summed E-state index contributed by atoms with van der Waals surface area (Å²) in [5, 5.41) is 8.03. The summed E-state index contributed by atoms with van der Waals surface area (Å²) in [4.78, 5) is 94.6. The number of benzene rings is 6. The third-order valence-corrected chi connectivity index (χ3v) is 22.1. The van der Waals surface area contributed by atoms with Crippen molar-refractivity contribution in [2.45, 2.75) is 126 Å². The van der Waals surface area contributed by atoms with Crippen LogP contribution < -0.4 is 67.0 Å². The van der Waals surface area contributed by atoms with Crippen LogP contribution in [0, 0.1) is 17.5 Å². The largest absolute Gasteiger partial charge is 0.573 e. The molecule has 0 spiro atoms. The van der Waals surface area contributed by atoms with Crippen LogP contribution >= 0.6 is 0 Å². The third kappa shape index (κ3) is 32.3. The smallest absolute Gasteiger partial charge is 0.406 e. The van der Waals surface area contributed by atoms with Gasteiger partial charge in [0.1, 0.15) is 5.75 Å². The number of ketones is 3. The molecule has 3 heterocycles. The number of nitrogens with two attached hydrogens (primary N) is 9. The first-order chi connectivity index (χ1) is 58.8. The molecule has 672 valence electrons. The Bertz CT molecular complexity index is 4900. The molecule has 0 saturated carbocycles. The fourth-order valence-electron chi connectivity index (χ4n) is 15.0. The molecule has 25 nitrogen and oxygen atoms in total. The second-order valence-electron chi connectivity index (χ2n) is 32.3. The SMILES string of the molecule is CN(C(=O)[C@@H](N)CCC[N+](C)(CCN)CCN)[C@H](Cc1ccc(C(F)(F)F)cc1)C(=O)Cc1cnc2ccccc2c1.C[N+](CCN)(CCN)CCC[C@H](N)C(=O)N[C@@H](Cc1cc(F)c(F)c(F)c1)C(=O)Cc1cnc2ccccc2c1.C[N+](CCN)(CCN)CCC[C@H](N)C(=O)N[C@@H](Cc1ccc(OC(F)(F)F)cc1)C(=O)Cc1cnc2ccccc2c1. The van der Waals surface area contributed by atoms with E-state index in [0.29, 0.717) is 119 Å². The maximum atomic E-state index is 13.9.